The van der Waals surface area contributed by atoms with Crippen LogP contribution >= 0.6 is 11.3 Å². The Morgan fingerprint density at radius 1 is 1.57 bits per heavy atom. The van der Waals surface area contributed by atoms with Gasteiger partial charge in [0.15, 0.2) is 0 Å². The van der Waals surface area contributed by atoms with Gasteiger partial charge in [-0.15, -0.1) is 11.3 Å². The predicted molar refractivity (Wildman–Crippen MR) is 59.6 cm³/mol. The minimum atomic E-state index is 0.115. The molecule has 1 aliphatic heterocycles. The van der Waals surface area contributed by atoms with Gasteiger partial charge < -0.3 is 4.74 Å². The van der Waals surface area contributed by atoms with Crippen LogP contribution in [-0.2, 0) is 11.3 Å². The van der Waals surface area contributed by atoms with Crippen molar-refractivity contribution in [2.45, 2.75) is 32.1 Å². The highest BCUT2D eigenvalue weighted by molar-refractivity contribution is 7.09. The van der Waals surface area contributed by atoms with Gasteiger partial charge in [-0.3, -0.25) is 4.90 Å². The van der Waals surface area contributed by atoms with Gasteiger partial charge in [-0.2, -0.15) is 0 Å². The standard InChI is InChI=1S/C11H17NOS/c1-11(2)10(13-11)8-12(3)7-9-5-4-6-14-9/h4-6,10H,7-8H2,1-3H3. The molecule has 14 heavy (non-hydrogen) atoms. The SMILES string of the molecule is CN(Cc1cccs1)CC1OC1(C)C. The van der Waals surface area contributed by atoms with Crippen LogP contribution in [0.3, 0.4) is 0 Å². The fourth-order valence-corrected chi connectivity index (χ4v) is 2.39. The van der Waals surface area contributed by atoms with E-state index in [9.17, 15) is 0 Å². The van der Waals surface area contributed by atoms with Crippen LogP contribution in [0.4, 0.5) is 0 Å². The van der Waals surface area contributed by atoms with E-state index in [4.69, 9.17) is 4.74 Å². The van der Waals surface area contributed by atoms with Gasteiger partial charge in [-0.1, -0.05) is 6.07 Å². The third-order valence-electron chi connectivity index (χ3n) is 2.65. The molecule has 1 aromatic heterocycles. The summed E-state index contributed by atoms with van der Waals surface area (Å²) in [5.74, 6) is 0. The zero-order valence-electron chi connectivity index (χ0n) is 8.99. The Balaban J connectivity index is 1.77. The number of rotatable bonds is 4. The van der Waals surface area contributed by atoms with Gasteiger partial charge in [-0.25, -0.2) is 0 Å². The second kappa shape index (κ2) is 3.65. The van der Waals surface area contributed by atoms with Crippen LogP contribution in [0, 0.1) is 0 Å². The first-order valence-electron chi connectivity index (χ1n) is 4.97. The number of likely N-dealkylation sites (N-methyl/N-ethyl adjacent to an activating group) is 1. The number of nitrogens with zero attached hydrogens (tertiary/aromatic N) is 1. The van der Waals surface area contributed by atoms with E-state index in [0.717, 1.165) is 13.1 Å². The van der Waals surface area contributed by atoms with Crippen molar-refractivity contribution in [3.05, 3.63) is 22.4 Å². The highest BCUT2D eigenvalue weighted by atomic mass is 32.1. The maximum atomic E-state index is 5.56. The Morgan fingerprint density at radius 3 is 2.79 bits per heavy atom. The van der Waals surface area contributed by atoms with Crippen molar-refractivity contribution in [2.24, 2.45) is 0 Å². The topological polar surface area (TPSA) is 15.8 Å². The second-order valence-electron chi connectivity index (χ2n) is 4.49. The van der Waals surface area contributed by atoms with Crippen LogP contribution in [0.1, 0.15) is 18.7 Å². The molecule has 0 saturated carbocycles. The molecule has 0 spiro atoms. The molecule has 0 aliphatic carbocycles. The lowest BCUT2D eigenvalue weighted by Crippen LogP contribution is -2.25. The molecular weight excluding hydrogens is 194 g/mol. The minimum absolute atomic E-state index is 0.115. The van der Waals surface area contributed by atoms with Crippen molar-refractivity contribution in [3.63, 3.8) is 0 Å². The van der Waals surface area contributed by atoms with Crippen LogP contribution in [0.25, 0.3) is 0 Å². The van der Waals surface area contributed by atoms with Gasteiger partial charge in [0.25, 0.3) is 0 Å². The van der Waals surface area contributed by atoms with Crippen molar-refractivity contribution >= 4 is 11.3 Å². The molecule has 1 aromatic rings. The summed E-state index contributed by atoms with van der Waals surface area (Å²) >= 11 is 1.82. The molecule has 1 aliphatic rings. The van der Waals surface area contributed by atoms with Crippen molar-refractivity contribution in [1.82, 2.24) is 4.90 Å². The summed E-state index contributed by atoms with van der Waals surface area (Å²) in [4.78, 5) is 3.75. The average Bonchev–Trinajstić information content (AvgIpc) is 2.49. The fraction of sp³-hybridized carbons (Fsp3) is 0.636. The molecule has 2 heterocycles. The third kappa shape index (κ3) is 2.35. The molecule has 2 rings (SSSR count). The van der Waals surface area contributed by atoms with E-state index in [1.807, 2.05) is 11.3 Å². The molecule has 1 unspecified atom stereocenters. The molecule has 0 radical (unpaired) electrons. The largest absolute Gasteiger partial charge is 0.365 e. The van der Waals surface area contributed by atoms with E-state index in [1.54, 1.807) is 0 Å². The summed E-state index contributed by atoms with van der Waals surface area (Å²) < 4.78 is 5.56. The number of hydrogen-bond donors (Lipinski definition) is 0. The molecule has 0 bridgehead atoms. The second-order valence-corrected chi connectivity index (χ2v) is 5.52. The highest BCUT2D eigenvalue weighted by Crippen LogP contribution is 2.35. The predicted octanol–water partition coefficient (Wildman–Crippen LogP) is 2.36. The van der Waals surface area contributed by atoms with Crippen molar-refractivity contribution in [2.75, 3.05) is 13.6 Å². The Hall–Kier alpha value is -0.380. The molecule has 0 amide bonds. The van der Waals surface area contributed by atoms with E-state index in [1.165, 1.54) is 4.88 Å². The Kier molecular flexibility index (Phi) is 2.64. The third-order valence-corrected chi connectivity index (χ3v) is 3.51. The van der Waals surface area contributed by atoms with Crippen LogP contribution in [0.5, 0.6) is 0 Å². The average molecular weight is 211 g/mol. The van der Waals surface area contributed by atoms with Crippen LogP contribution in [-0.4, -0.2) is 30.2 Å². The lowest BCUT2D eigenvalue weighted by Gasteiger charge is -2.14. The first-order valence-corrected chi connectivity index (χ1v) is 5.84. The molecular formula is C11H17NOS. The Labute approximate surface area is 89.5 Å². The van der Waals surface area contributed by atoms with E-state index in [2.05, 4.69) is 43.3 Å². The summed E-state index contributed by atoms with van der Waals surface area (Å²) in [6, 6.07) is 4.28. The van der Waals surface area contributed by atoms with E-state index in [0.29, 0.717) is 6.10 Å². The summed E-state index contributed by atoms with van der Waals surface area (Å²) in [5.41, 5.74) is 0.115. The molecule has 2 nitrogen and oxygen atoms in total. The van der Waals surface area contributed by atoms with Gasteiger partial charge in [0, 0.05) is 18.0 Å². The molecule has 3 heteroatoms. The smallest absolute Gasteiger partial charge is 0.0994 e. The van der Waals surface area contributed by atoms with Crippen LogP contribution in [0.2, 0.25) is 0 Å². The summed E-state index contributed by atoms with van der Waals surface area (Å²) in [7, 11) is 2.15. The first kappa shape index (κ1) is 10.1. The monoisotopic (exact) mass is 211 g/mol. The molecule has 0 N–H and O–H groups in total. The number of epoxide rings is 1. The van der Waals surface area contributed by atoms with Crippen LogP contribution in [0.15, 0.2) is 17.5 Å². The lowest BCUT2D eigenvalue weighted by molar-refractivity contribution is 0.269. The zero-order valence-corrected chi connectivity index (χ0v) is 9.80. The molecule has 0 aromatic carbocycles. The molecule has 78 valence electrons. The van der Waals surface area contributed by atoms with Crippen molar-refractivity contribution in [1.29, 1.82) is 0 Å². The van der Waals surface area contributed by atoms with Crippen LogP contribution < -0.4 is 0 Å². The van der Waals surface area contributed by atoms with E-state index >= 15 is 0 Å². The fourth-order valence-electron chi connectivity index (χ4n) is 1.61. The lowest BCUT2D eigenvalue weighted by atomic mass is 10.1. The van der Waals surface area contributed by atoms with E-state index in [-0.39, 0.29) is 5.60 Å². The van der Waals surface area contributed by atoms with Crippen molar-refractivity contribution < 1.29 is 4.74 Å². The van der Waals surface area contributed by atoms with E-state index < -0.39 is 0 Å². The van der Waals surface area contributed by atoms with Gasteiger partial charge in [0.1, 0.15) is 0 Å². The molecule has 1 atom stereocenters. The van der Waals surface area contributed by atoms with Gasteiger partial charge in [-0.05, 0) is 32.3 Å². The van der Waals surface area contributed by atoms with Gasteiger partial charge in [0.05, 0.1) is 11.7 Å². The Morgan fingerprint density at radius 2 is 2.29 bits per heavy atom. The summed E-state index contributed by atoms with van der Waals surface area (Å²) in [5, 5.41) is 2.13. The van der Waals surface area contributed by atoms with Crippen molar-refractivity contribution in [3.8, 4) is 0 Å². The first-order chi connectivity index (χ1) is 6.58. The minimum Gasteiger partial charge on any atom is -0.365 e. The molecule has 1 saturated heterocycles. The van der Waals surface area contributed by atoms with Gasteiger partial charge >= 0.3 is 0 Å². The Bertz CT molecular complexity index is 294. The number of thiophene rings is 1. The highest BCUT2D eigenvalue weighted by Gasteiger charge is 2.47. The zero-order chi connectivity index (χ0) is 10.2. The maximum absolute atomic E-state index is 5.56. The maximum Gasteiger partial charge on any atom is 0.0994 e. The number of hydrogen-bond acceptors (Lipinski definition) is 3. The number of ether oxygens (including phenoxy) is 1. The van der Waals surface area contributed by atoms with Gasteiger partial charge in [0.2, 0.25) is 0 Å². The quantitative estimate of drug-likeness (QED) is 0.711. The summed E-state index contributed by atoms with van der Waals surface area (Å²) in [6.45, 7) is 6.37. The normalized spacial score (nSPS) is 24.1. The molecule has 1 fully saturated rings. The summed E-state index contributed by atoms with van der Waals surface area (Å²) in [6.07, 6.45) is 0.424.